The monoisotopic (exact) mass is 380 g/mol. The van der Waals surface area contributed by atoms with Crippen LogP contribution in [0, 0.1) is 4.64 Å². The Hall–Kier alpha value is -2.66. The van der Waals surface area contributed by atoms with Gasteiger partial charge in [0.1, 0.15) is 23.4 Å². The van der Waals surface area contributed by atoms with Gasteiger partial charge in [-0.1, -0.05) is 12.2 Å². The lowest BCUT2D eigenvalue weighted by molar-refractivity contribution is -0.160. The molecule has 138 valence electrons. The van der Waals surface area contributed by atoms with Crippen molar-refractivity contribution in [2.24, 2.45) is 0 Å². The molecular formula is C15H16N4O6S. The number of esters is 2. The van der Waals surface area contributed by atoms with E-state index in [9.17, 15) is 14.4 Å². The van der Waals surface area contributed by atoms with E-state index in [0.29, 0.717) is 22.1 Å². The number of fused-ring (bicyclic) bond motifs is 1. The maximum atomic E-state index is 11.5. The molecule has 1 aliphatic rings. The van der Waals surface area contributed by atoms with Crippen LogP contribution in [0.1, 0.15) is 26.5 Å². The lowest BCUT2D eigenvalue weighted by atomic mass is 10.1. The Morgan fingerprint density at radius 2 is 2.19 bits per heavy atom. The molecule has 1 aliphatic heterocycles. The summed E-state index contributed by atoms with van der Waals surface area (Å²) < 4.78 is 18.1. The summed E-state index contributed by atoms with van der Waals surface area (Å²) in [5.74, 6) is -1.11. The van der Waals surface area contributed by atoms with Gasteiger partial charge in [-0.05, 0) is 0 Å². The van der Waals surface area contributed by atoms with Crippen molar-refractivity contribution in [3.05, 3.63) is 17.3 Å². The smallest absolute Gasteiger partial charge is 0.303 e. The Bertz CT molecular complexity index is 909. The largest absolute Gasteiger partial charge is 0.458 e. The van der Waals surface area contributed by atoms with Crippen molar-refractivity contribution in [1.82, 2.24) is 19.5 Å². The van der Waals surface area contributed by atoms with Crippen LogP contribution in [-0.2, 0) is 28.6 Å². The molecule has 0 amide bonds. The Kier molecular flexibility index (Phi) is 5.09. The van der Waals surface area contributed by atoms with Gasteiger partial charge >= 0.3 is 11.9 Å². The van der Waals surface area contributed by atoms with Crippen LogP contribution in [0.25, 0.3) is 11.2 Å². The summed E-state index contributed by atoms with van der Waals surface area (Å²) in [5, 5.41) is 0. The Labute approximate surface area is 152 Å². The fourth-order valence-corrected chi connectivity index (χ4v) is 3.10. The summed E-state index contributed by atoms with van der Waals surface area (Å²) in [7, 11) is 0. The van der Waals surface area contributed by atoms with Crippen LogP contribution in [-0.4, -0.2) is 56.1 Å². The van der Waals surface area contributed by atoms with Gasteiger partial charge in [0.15, 0.2) is 23.3 Å². The predicted octanol–water partition coefficient (Wildman–Crippen LogP) is 0.839. The Morgan fingerprint density at radius 3 is 2.85 bits per heavy atom. The average Bonchev–Trinajstić information content (AvgIpc) is 3.16. The van der Waals surface area contributed by atoms with Crippen molar-refractivity contribution in [2.45, 2.75) is 44.8 Å². The van der Waals surface area contributed by atoms with Crippen LogP contribution in [0.4, 0.5) is 0 Å². The Balaban J connectivity index is 1.95. The van der Waals surface area contributed by atoms with Crippen molar-refractivity contribution < 1.29 is 28.6 Å². The molecule has 0 saturated carbocycles. The van der Waals surface area contributed by atoms with Gasteiger partial charge in [-0.15, -0.1) is 0 Å². The number of aldehydes is 1. The van der Waals surface area contributed by atoms with E-state index in [1.54, 1.807) is 4.57 Å². The zero-order valence-corrected chi connectivity index (χ0v) is 14.8. The maximum Gasteiger partial charge on any atom is 0.303 e. The third-order valence-corrected chi connectivity index (χ3v) is 4.17. The van der Waals surface area contributed by atoms with Gasteiger partial charge in [-0.25, -0.2) is 9.97 Å². The lowest BCUT2D eigenvalue weighted by Gasteiger charge is -2.20. The molecule has 2 aromatic rings. The molecule has 3 rings (SSSR count). The molecule has 0 unspecified atom stereocenters. The van der Waals surface area contributed by atoms with E-state index in [1.807, 2.05) is 0 Å². The van der Waals surface area contributed by atoms with Crippen molar-refractivity contribution in [2.75, 3.05) is 0 Å². The summed E-state index contributed by atoms with van der Waals surface area (Å²) in [4.78, 5) is 45.0. The third kappa shape index (κ3) is 3.48. The van der Waals surface area contributed by atoms with Crippen LogP contribution in [0.3, 0.4) is 0 Å². The predicted molar refractivity (Wildman–Crippen MR) is 88.4 cm³/mol. The molecule has 26 heavy (non-hydrogen) atoms. The summed E-state index contributed by atoms with van der Waals surface area (Å²) >= 11 is 5.14. The fraction of sp³-hybridized carbons (Fsp3) is 0.467. The van der Waals surface area contributed by atoms with Gasteiger partial charge < -0.3 is 19.2 Å². The number of nitrogens with zero attached hydrogens (tertiary/aromatic N) is 3. The van der Waals surface area contributed by atoms with Gasteiger partial charge in [0.2, 0.25) is 0 Å². The lowest BCUT2D eigenvalue weighted by Crippen LogP contribution is -2.32. The summed E-state index contributed by atoms with van der Waals surface area (Å²) in [6, 6.07) is 0. The maximum absolute atomic E-state index is 11.5. The topological polar surface area (TPSA) is 125 Å². The summed E-state index contributed by atoms with van der Waals surface area (Å²) in [5.41, 5.74) is 0.992. The first-order valence-corrected chi connectivity index (χ1v) is 8.17. The van der Waals surface area contributed by atoms with Crippen molar-refractivity contribution >= 4 is 41.6 Å². The third-order valence-electron chi connectivity index (χ3n) is 3.87. The van der Waals surface area contributed by atoms with Crippen LogP contribution < -0.4 is 0 Å². The first-order valence-electron chi connectivity index (χ1n) is 7.76. The standard InChI is InChI=1S/C15H16N4O6S/c1-7(21)23-10-3-9(11(4-20)24-8(2)22)25-15(10)19-6-18-12-13(19)16-5-17-14(12)26/h4-6,9-11,15H,3H2,1-2H3,(H,16,17,26)/t9-,10+,11+,15+/m0/s1. The van der Waals surface area contributed by atoms with Gasteiger partial charge in [-0.2, -0.15) is 0 Å². The number of nitrogens with one attached hydrogen (secondary N) is 1. The molecule has 10 nitrogen and oxygen atoms in total. The number of imidazole rings is 1. The molecule has 0 spiro atoms. The van der Waals surface area contributed by atoms with E-state index >= 15 is 0 Å². The van der Waals surface area contributed by atoms with Crippen molar-refractivity contribution in [3.8, 4) is 0 Å². The number of aromatic amines is 1. The molecule has 2 aromatic heterocycles. The van der Waals surface area contributed by atoms with E-state index < -0.39 is 36.5 Å². The van der Waals surface area contributed by atoms with Crippen molar-refractivity contribution in [3.63, 3.8) is 0 Å². The van der Waals surface area contributed by atoms with Crippen LogP contribution >= 0.6 is 12.2 Å². The second-order valence-electron chi connectivity index (χ2n) is 5.72. The number of rotatable bonds is 5. The van der Waals surface area contributed by atoms with E-state index in [1.165, 1.54) is 26.5 Å². The van der Waals surface area contributed by atoms with Crippen LogP contribution in [0.15, 0.2) is 12.7 Å². The molecule has 3 heterocycles. The number of hydrogen-bond acceptors (Lipinski definition) is 9. The highest BCUT2D eigenvalue weighted by molar-refractivity contribution is 7.71. The number of aromatic nitrogens is 4. The van der Waals surface area contributed by atoms with Crippen molar-refractivity contribution in [1.29, 1.82) is 0 Å². The van der Waals surface area contributed by atoms with E-state index in [4.69, 9.17) is 26.4 Å². The van der Waals surface area contributed by atoms with Gasteiger partial charge in [0.25, 0.3) is 0 Å². The van der Waals surface area contributed by atoms with Gasteiger partial charge in [0, 0.05) is 20.3 Å². The van der Waals surface area contributed by atoms with Gasteiger partial charge in [0.05, 0.1) is 12.7 Å². The van der Waals surface area contributed by atoms with Crippen LogP contribution in [0.5, 0.6) is 0 Å². The SMILES string of the molecule is CC(=O)O[C@H](C=O)[C@@H]1C[C@@H](OC(C)=O)[C@H](n2cnc3c(=S)nc[nH]c32)O1. The molecule has 4 atom stereocenters. The number of carbonyl (C=O) groups is 3. The fourth-order valence-electron chi connectivity index (χ4n) is 2.89. The van der Waals surface area contributed by atoms with Gasteiger partial charge in [-0.3, -0.25) is 19.0 Å². The molecule has 0 radical (unpaired) electrons. The molecule has 0 bridgehead atoms. The molecule has 0 aliphatic carbocycles. The van der Waals surface area contributed by atoms with E-state index in [2.05, 4.69) is 15.0 Å². The quantitative estimate of drug-likeness (QED) is 0.456. The second kappa shape index (κ2) is 7.30. The Morgan fingerprint density at radius 1 is 1.42 bits per heavy atom. The minimum absolute atomic E-state index is 0.173. The minimum atomic E-state index is -1.11. The number of ether oxygens (including phenoxy) is 3. The van der Waals surface area contributed by atoms with E-state index in [-0.39, 0.29) is 6.42 Å². The van der Waals surface area contributed by atoms with E-state index in [0.717, 1.165) is 0 Å². The molecule has 1 N–H and O–H groups in total. The highest BCUT2D eigenvalue weighted by Gasteiger charge is 2.44. The molecule has 0 aromatic carbocycles. The number of carbonyl (C=O) groups excluding carboxylic acids is 3. The first-order chi connectivity index (χ1) is 12.4. The minimum Gasteiger partial charge on any atom is -0.458 e. The summed E-state index contributed by atoms with van der Waals surface area (Å²) in [6.07, 6.45) is 0.198. The summed E-state index contributed by atoms with van der Waals surface area (Å²) in [6.45, 7) is 2.47. The van der Waals surface area contributed by atoms with Crippen LogP contribution in [0.2, 0.25) is 0 Å². The zero-order valence-electron chi connectivity index (χ0n) is 13.9. The normalized spacial score (nSPS) is 23.5. The number of H-pyrrole nitrogens is 1. The highest BCUT2D eigenvalue weighted by Crippen LogP contribution is 2.35. The molecule has 11 heteroatoms. The highest BCUT2D eigenvalue weighted by atomic mass is 32.1. The molecule has 1 saturated heterocycles. The first kappa shape index (κ1) is 18.1. The molecular weight excluding hydrogens is 364 g/mol. The second-order valence-corrected chi connectivity index (χ2v) is 6.10. The number of hydrogen-bond donors (Lipinski definition) is 1. The molecule has 1 fully saturated rings. The zero-order chi connectivity index (χ0) is 18.8. The average molecular weight is 380 g/mol.